The van der Waals surface area contributed by atoms with Gasteiger partial charge in [-0.1, -0.05) is 18.2 Å². The Bertz CT molecular complexity index is 895. The molecule has 1 aliphatic heterocycles. The second-order valence-electron chi connectivity index (χ2n) is 6.83. The molecule has 26 heavy (non-hydrogen) atoms. The standard InChI is InChI=1S/C19H23N3O4/c1-12-7-6-8-13(2)22(12)16(23)11-26-19(25)17-14-9-4-5-10-15(14)18(24)21(3)20-17/h4-5,9-10,12-13H,6-8,11H2,1-3H3/t12-,13-/m1/s1. The number of esters is 1. The van der Waals surface area contributed by atoms with Crippen molar-refractivity contribution in [3.05, 3.63) is 40.3 Å². The number of hydrogen-bond acceptors (Lipinski definition) is 5. The van der Waals surface area contributed by atoms with Crippen molar-refractivity contribution in [1.29, 1.82) is 0 Å². The summed E-state index contributed by atoms with van der Waals surface area (Å²) in [7, 11) is 1.48. The zero-order chi connectivity index (χ0) is 18.8. The third-order valence-corrected chi connectivity index (χ3v) is 4.96. The molecule has 0 N–H and O–H groups in total. The number of amides is 1. The first-order valence-electron chi connectivity index (χ1n) is 8.84. The fraction of sp³-hybridized carbons (Fsp3) is 0.474. The van der Waals surface area contributed by atoms with Crippen LogP contribution in [0.4, 0.5) is 0 Å². The number of rotatable bonds is 3. The number of carbonyl (C=O) groups is 2. The van der Waals surface area contributed by atoms with Crippen LogP contribution in [0.1, 0.15) is 43.6 Å². The molecule has 1 aromatic heterocycles. The molecule has 0 bridgehead atoms. The van der Waals surface area contributed by atoms with Gasteiger partial charge in [0.25, 0.3) is 11.5 Å². The molecule has 0 spiro atoms. The van der Waals surface area contributed by atoms with Crippen LogP contribution >= 0.6 is 0 Å². The minimum absolute atomic E-state index is 0.0373. The molecule has 1 aromatic carbocycles. The molecule has 138 valence electrons. The van der Waals surface area contributed by atoms with E-state index in [1.165, 1.54) is 7.05 Å². The van der Waals surface area contributed by atoms with Crippen LogP contribution < -0.4 is 5.56 Å². The van der Waals surface area contributed by atoms with E-state index in [1.54, 1.807) is 29.2 Å². The number of fused-ring (bicyclic) bond motifs is 1. The lowest BCUT2D eigenvalue weighted by atomic mass is 9.97. The highest BCUT2D eigenvalue weighted by Crippen LogP contribution is 2.22. The number of nitrogens with zero attached hydrogens (tertiary/aromatic N) is 3. The Hall–Kier alpha value is -2.70. The number of ether oxygens (including phenoxy) is 1. The number of hydrogen-bond donors (Lipinski definition) is 0. The van der Waals surface area contributed by atoms with Crippen molar-refractivity contribution in [3.63, 3.8) is 0 Å². The highest BCUT2D eigenvalue weighted by Gasteiger charge is 2.29. The van der Waals surface area contributed by atoms with Crippen LogP contribution in [0.3, 0.4) is 0 Å². The van der Waals surface area contributed by atoms with Crippen LogP contribution in [-0.2, 0) is 16.6 Å². The van der Waals surface area contributed by atoms with Gasteiger partial charge in [-0.15, -0.1) is 0 Å². The summed E-state index contributed by atoms with van der Waals surface area (Å²) in [5, 5.41) is 4.84. The number of aromatic nitrogens is 2. The molecule has 0 radical (unpaired) electrons. The van der Waals surface area contributed by atoms with E-state index in [0.717, 1.165) is 23.9 Å². The molecular weight excluding hydrogens is 334 g/mol. The van der Waals surface area contributed by atoms with Crippen molar-refractivity contribution in [2.45, 2.75) is 45.2 Å². The van der Waals surface area contributed by atoms with Gasteiger partial charge in [0.05, 0.1) is 5.39 Å². The topological polar surface area (TPSA) is 81.5 Å². The van der Waals surface area contributed by atoms with Gasteiger partial charge in [0.1, 0.15) is 0 Å². The Labute approximate surface area is 151 Å². The average Bonchev–Trinajstić information content (AvgIpc) is 2.62. The van der Waals surface area contributed by atoms with Gasteiger partial charge >= 0.3 is 5.97 Å². The molecule has 1 saturated heterocycles. The fourth-order valence-electron chi connectivity index (χ4n) is 3.63. The number of likely N-dealkylation sites (tertiary alicyclic amines) is 1. The van der Waals surface area contributed by atoms with Gasteiger partial charge in [-0.2, -0.15) is 5.10 Å². The SMILES string of the molecule is C[C@@H]1CCC[C@@H](C)N1C(=O)COC(=O)c1nn(C)c(=O)c2ccccc12. The lowest BCUT2D eigenvalue weighted by Crippen LogP contribution is -2.49. The van der Waals surface area contributed by atoms with Gasteiger partial charge < -0.3 is 9.64 Å². The quantitative estimate of drug-likeness (QED) is 0.784. The summed E-state index contributed by atoms with van der Waals surface area (Å²) in [5.74, 6) is -0.908. The van der Waals surface area contributed by atoms with E-state index in [0.29, 0.717) is 10.8 Å². The Morgan fingerprint density at radius 1 is 1.15 bits per heavy atom. The molecule has 3 rings (SSSR count). The van der Waals surface area contributed by atoms with E-state index in [4.69, 9.17) is 4.74 Å². The zero-order valence-corrected chi connectivity index (χ0v) is 15.3. The molecule has 2 aromatic rings. The first-order chi connectivity index (χ1) is 12.4. The van der Waals surface area contributed by atoms with Crippen LogP contribution in [0, 0.1) is 0 Å². The van der Waals surface area contributed by atoms with Crippen molar-refractivity contribution < 1.29 is 14.3 Å². The molecule has 2 heterocycles. The van der Waals surface area contributed by atoms with Crippen molar-refractivity contribution in [2.75, 3.05) is 6.61 Å². The van der Waals surface area contributed by atoms with Crippen molar-refractivity contribution in [1.82, 2.24) is 14.7 Å². The summed E-state index contributed by atoms with van der Waals surface area (Å²) in [4.78, 5) is 38.9. The molecule has 1 fully saturated rings. The second-order valence-corrected chi connectivity index (χ2v) is 6.83. The first-order valence-corrected chi connectivity index (χ1v) is 8.84. The molecule has 1 amide bonds. The summed E-state index contributed by atoms with van der Waals surface area (Å²) < 4.78 is 6.34. The number of benzene rings is 1. The zero-order valence-electron chi connectivity index (χ0n) is 15.3. The normalized spacial score (nSPS) is 20.2. The molecule has 2 atom stereocenters. The van der Waals surface area contributed by atoms with Crippen LogP contribution in [-0.4, -0.2) is 45.2 Å². The van der Waals surface area contributed by atoms with Crippen molar-refractivity contribution >= 4 is 22.6 Å². The minimum atomic E-state index is -0.706. The van der Waals surface area contributed by atoms with Crippen LogP contribution in [0.15, 0.2) is 29.1 Å². The molecule has 1 aliphatic rings. The van der Waals surface area contributed by atoms with Gasteiger partial charge in [-0.25, -0.2) is 9.48 Å². The van der Waals surface area contributed by atoms with E-state index < -0.39 is 5.97 Å². The Balaban J connectivity index is 1.79. The van der Waals surface area contributed by atoms with E-state index in [2.05, 4.69) is 5.10 Å². The van der Waals surface area contributed by atoms with Crippen LogP contribution in [0.2, 0.25) is 0 Å². The lowest BCUT2D eigenvalue weighted by molar-refractivity contribution is -0.140. The fourth-order valence-corrected chi connectivity index (χ4v) is 3.63. The Morgan fingerprint density at radius 2 is 1.77 bits per heavy atom. The van der Waals surface area contributed by atoms with E-state index in [1.807, 2.05) is 13.8 Å². The second kappa shape index (κ2) is 7.27. The molecule has 0 aliphatic carbocycles. The maximum Gasteiger partial charge on any atom is 0.359 e. The molecule has 7 heteroatoms. The largest absolute Gasteiger partial charge is 0.451 e. The van der Waals surface area contributed by atoms with Gasteiger partial charge in [0, 0.05) is 24.5 Å². The van der Waals surface area contributed by atoms with Crippen LogP contribution in [0.5, 0.6) is 0 Å². The average molecular weight is 357 g/mol. The molecular formula is C19H23N3O4. The highest BCUT2D eigenvalue weighted by atomic mass is 16.5. The smallest absolute Gasteiger partial charge is 0.359 e. The summed E-state index contributed by atoms with van der Waals surface area (Å²) in [6, 6.07) is 7.02. The summed E-state index contributed by atoms with van der Waals surface area (Å²) in [5.41, 5.74) is -0.251. The number of carbonyl (C=O) groups excluding carboxylic acids is 2. The summed E-state index contributed by atoms with van der Waals surface area (Å²) in [6.45, 7) is 3.70. The van der Waals surface area contributed by atoms with E-state index >= 15 is 0 Å². The molecule has 7 nitrogen and oxygen atoms in total. The monoisotopic (exact) mass is 357 g/mol. The number of aryl methyl sites for hydroxylation is 1. The third-order valence-electron chi connectivity index (χ3n) is 4.96. The predicted octanol–water partition coefficient (Wildman–Crippen LogP) is 1.88. The van der Waals surface area contributed by atoms with E-state index in [-0.39, 0.29) is 35.9 Å². The maximum absolute atomic E-state index is 12.5. The van der Waals surface area contributed by atoms with Gasteiger partial charge in [-0.05, 0) is 39.2 Å². The minimum Gasteiger partial charge on any atom is -0.451 e. The number of piperidine rings is 1. The summed E-state index contributed by atoms with van der Waals surface area (Å²) in [6.07, 6.45) is 3.01. The highest BCUT2D eigenvalue weighted by molar-refractivity contribution is 6.02. The Morgan fingerprint density at radius 3 is 2.42 bits per heavy atom. The third kappa shape index (κ3) is 3.34. The van der Waals surface area contributed by atoms with Gasteiger partial charge in [-0.3, -0.25) is 9.59 Å². The maximum atomic E-state index is 12.5. The summed E-state index contributed by atoms with van der Waals surface area (Å²) >= 11 is 0. The predicted molar refractivity (Wildman–Crippen MR) is 96.9 cm³/mol. The van der Waals surface area contributed by atoms with Crippen LogP contribution in [0.25, 0.3) is 10.8 Å². The van der Waals surface area contributed by atoms with Crippen molar-refractivity contribution in [2.24, 2.45) is 7.05 Å². The molecule has 0 unspecified atom stereocenters. The lowest BCUT2D eigenvalue weighted by Gasteiger charge is -2.38. The van der Waals surface area contributed by atoms with Gasteiger partial charge in [0.2, 0.25) is 0 Å². The Kier molecular flexibility index (Phi) is 5.06. The van der Waals surface area contributed by atoms with Crippen molar-refractivity contribution in [3.8, 4) is 0 Å². The van der Waals surface area contributed by atoms with E-state index in [9.17, 15) is 14.4 Å². The first kappa shape index (κ1) is 18.1. The van der Waals surface area contributed by atoms with Gasteiger partial charge in [0.15, 0.2) is 12.3 Å². The molecule has 0 saturated carbocycles.